The maximum Gasteiger partial charge on any atom is 0.240 e. The predicted molar refractivity (Wildman–Crippen MR) is 265 cm³/mol. The Bertz CT molecular complexity index is 3650. The summed E-state index contributed by atoms with van der Waals surface area (Å²) in [6.45, 7) is 0. The van der Waals surface area contributed by atoms with Crippen molar-refractivity contribution in [3.8, 4) is 23.3 Å². The molecule has 0 atom stereocenters. The highest BCUT2D eigenvalue weighted by Gasteiger charge is 2.42. The number of hydrogen-bond donors (Lipinski definition) is 0. The summed E-state index contributed by atoms with van der Waals surface area (Å²) in [5, 5.41) is 11.8. The van der Waals surface area contributed by atoms with Gasteiger partial charge >= 0.3 is 0 Å². The van der Waals surface area contributed by atoms with Crippen molar-refractivity contribution in [2.45, 2.75) is 0 Å². The quantitative estimate of drug-likeness (QED) is 0.119. The number of fused-ring (bicyclic) bond motifs is 9. The van der Waals surface area contributed by atoms with E-state index in [1.165, 1.54) is 20.7 Å². The molecule has 7 heteroatoms. The van der Waals surface area contributed by atoms with Crippen LogP contribution < -0.4 is 20.7 Å². The largest absolute Gasteiger partial charge is 0.456 e. The topological polar surface area (TPSA) is 61.7 Å². The summed E-state index contributed by atoms with van der Waals surface area (Å²) < 4.78 is 10.8. The summed E-state index contributed by atoms with van der Waals surface area (Å²) >= 11 is 0. The van der Waals surface area contributed by atoms with E-state index in [-0.39, 0.29) is 0 Å². The molecule has 13 rings (SSSR count). The second kappa shape index (κ2) is 14.3. The van der Waals surface area contributed by atoms with Gasteiger partial charge in [0.2, 0.25) is 11.9 Å². The van der Waals surface area contributed by atoms with Crippen molar-refractivity contribution < 1.29 is 4.42 Å². The number of furan rings is 1. The number of nitrogens with zero attached hydrogens (tertiary/aromatic N) is 5. The van der Waals surface area contributed by atoms with Crippen molar-refractivity contribution in [3.63, 3.8) is 0 Å². The molecule has 300 valence electrons. The Balaban J connectivity index is 1.11. The molecule has 0 amide bonds. The van der Waals surface area contributed by atoms with Gasteiger partial charge in [0.15, 0.2) is 13.9 Å². The van der Waals surface area contributed by atoms with Gasteiger partial charge in [0.25, 0.3) is 0 Å². The van der Waals surface area contributed by atoms with Gasteiger partial charge in [0.05, 0.1) is 22.1 Å². The fourth-order valence-electron chi connectivity index (χ4n) is 10.2. The number of rotatable bonds is 7. The molecule has 0 unspecified atom stereocenters. The third-order valence-corrected chi connectivity index (χ3v) is 17.7. The number of hydrogen-bond acceptors (Lipinski definition) is 4. The van der Waals surface area contributed by atoms with Crippen LogP contribution in [0, 0.1) is 0 Å². The lowest BCUT2D eigenvalue weighted by Gasteiger charge is -2.34. The molecule has 0 aliphatic heterocycles. The van der Waals surface area contributed by atoms with E-state index in [1.54, 1.807) is 0 Å². The van der Waals surface area contributed by atoms with Crippen molar-refractivity contribution >= 4 is 94.4 Å². The highest BCUT2D eigenvalue weighted by Crippen LogP contribution is 2.35. The first-order chi connectivity index (χ1) is 31.7. The van der Waals surface area contributed by atoms with E-state index in [2.05, 4.69) is 221 Å². The van der Waals surface area contributed by atoms with Crippen LogP contribution in [0.5, 0.6) is 0 Å². The maximum absolute atomic E-state index is 6.39. The Morgan fingerprint density at radius 1 is 0.312 bits per heavy atom. The van der Waals surface area contributed by atoms with Gasteiger partial charge in [-0.1, -0.05) is 188 Å². The van der Waals surface area contributed by atoms with Gasteiger partial charge in [-0.15, -0.1) is 0 Å². The zero-order valence-electron chi connectivity index (χ0n) is 34.5. The van der Waals surface area contributed by atoms with Crippen molar-refractivity contribution in [2.75, 3.05) is 0 Å². The lowest BCUT2D eigenvalue weighted by molar-refractivity contribution is 0.669. The number of para-hydroxylation sites is 5. The maximum atomic E-state index is 6.39. The van der Waals surface area contributed by atoms with E-state index in [4.69, 9.17) is 19.4 Å². The lowest BCUT2D eigenvalue weighted by Crippen LogP contribution is -2.74. The molecule has 0 spiro atoms. The minimum Gasteiger partial charge on any atom is -0.456 e. The second-order valence-electron chi connectivity index (χ2n) is 16.4. The van der Waals surface area contributed by atoms with E-state index in [1.807, 2.05) is 12.1 Å². The van der Waals surface area contributed by atoms with Gasteiger partial charge in [0.1, 0.15) is 11.2 Å². The molecule has 0 saturated carbocycles. The van der Waals surface area contributed by atoms with Crippen molar-refractivity contribution in [1.82, 2.24) is 24.1 Å². The monoisotopic (exact) mass is 835 g/mol. The predicted octanol–water partition coefficient (Wildman–Crippen LogP) is 11.0. The third kappa shape index (κ3) is 5.41. The molecule has 9 aromatic carbocycles. The van der Waals surface area contributed by atoms with Gasteiger partial charge in [-0.05, 0) is 57.1 Å². The van der Waals surface area contributed by atoms with Crippen LogP contribution in [-0.4, -0.2) is 32.2 Å². The fourth-order valence-corrected chi connectivity index (χ4v) is 15.0. The molecule has 0 N–H and O–H groups in total. The average molecular weight is 836 g/mol. The molecule has 0 aliphatic rings. The molecule has 0 aliphatic carbocycles. The summed E-state index contributed by atoms with van der Waals surface area (Å²) in [4.78, 5) is 16.3. The molecular formula is C57H37N5OSi. The molecule has 64 heavy (non-hydrogen) atoms. The van der Waals surface area contributed by atoms with Crippen LogP contribution >= 0.6 is 0 Å². The van der Waals surface area contributed by atoms with Crippen LogP contribution in [0.25, 0.3) is 88.8 Å². The smallest absolute Gasteiger partial charge is 0.240 e. The Hall–Kier alpha value is -8.39. The molecule has 0 saturated heterocycles. The van der Waals surface area contributed by atoms with Crippen molar-refractivity contribution in [1.29, 1.82) is 0 Å². The number of aromatic nitrogens is 5. The minimum atomic E-state index is -3.04. The van der Waals surface area contributed by atoms with E-state index in [9.17, 15) is 0 Å². The first-order valence-corrected chi connectivity index (χ1v) is 23.6. The van der Waals surface area contributed by atoms with Gasteiger partial charge in [-0.3, -0.25) is 9.13 Å². The molecule has 13 aromatic rings. The van der Waals surface area contributed by atoms with E-state index >= 15 is 0 Å². The Morgan fingerprint density at radius 2 is 0.734 bits per heavy atom. The van der Waals surface area contributed by atoms with Crippen LogP contribution in [0.4, 0.5) is 0 Å². The van der Waals surface area contributed by atoms with Crippen LogP contribution in [-0.2, 0) is 0 Å². The summed E-state index contributed by atoms with van der Waals surface area (Å²) in [5.41, 5.74) is 6.80. The normalized spacial score (nSPS) is 12.1. The van der Waals surface area contributed by atoms with Crippen molar-refractivity contribution in [2.24, 2.45) is 0 Å². The standard InChI is InChI=1S/C57H37N5OSi/c1-3-19-39(20-4-1)64(40-21-5-2-6-22-40,42-34-35-54-48(37-42)47-28-11-16-33-53(47)63-54)41-23-17-18-38(36-41)55-58-56(61-49-29-12-7-24-43(49)44-25-8-13-30-50(44)61)60-57(59-55)62-51-31-14-9-26-45(51)46-27-10-15-32-52(46)62/h1-37H. The highest BCUT2D eigenvalue weighted by molar-refractivity contribution is 7.20. The SMILES string of the molecule is c1ccc([Si](c2ccccc2)(c2cccc(-c3nc(-n4c5ccccc5c5ccccc54)nc(-n4c5ccccc5c5ccccc54)n3)c2)c2ccc3oc4ccccc4c3c2)cc1. The summed E-state index contributed by atoms with van der Waals surface area (Å²) in [7, 11) is -3.04. The minimum absolute atomic E-state index is 0.552. The molecule has 0 bridgehead atoms. The van der Waals surface area contributed by atoms with Crippen LogP contribution in [0.2, 0.25) is 0 Å². The first-order valence-electron chi connectivity index (χ1n) is 21.6. The average Bonchev–Trinajstić information content (AvgIpc) is 4.03. The van der Waals surface area contributed by atoms with Crippen LogP contribution in [0.15, 0.2) is 229 Å². The Morgan fingerprint density at radius 3 is 1.27 bits per heavy atom. The molecule has 0 fully saturated rings. The van der Waals surface area contributed by atoms with E-state index < -0.39 is 8.07 Å². The van der Waals surface area contributed by atoms with Crippen LogP contribution in [0.1, 0.15) is 0 Å². The number of benzene rings is 9. The summed E-state index contributed by atoms with van der Waals surface area (Å²) in [6, 6.07) is 80.2. The Labute approximate surface area is 369 Å². The van der Waals surface area contributed by atoms with E-state index in [0.29, 0.717) is 17.7 Å². The molecular weight excluding hydrogens is 799 g/mol. The van der Waals surface area contributed by atoms with Gasteiger partial charge in [-0.2, -0.15) is 15.0 Å². The van der Waals surface area contributed by atoms with Gasteiger partial charge in [0, 0.05) is 37.9 Å². The van der Waals surface area contributed by atoms with Gasteiger partial charge in [-0.25, -0.2) is 0 Å². The zero-order chi connectivity index (χ0) is 42.2. The van der Waals surface area contributed by atoms with Crippen molar-refractivity contribution in [3.05, 3.63) is 224 Å². The highest BCUT2D eigenvalue weighted by atomic mass is 28.3. The van der Waals surface area contributed by atoms with Gasteiger partial charge < -0.3 is 4.42 Å². The zero-order valence-corrected chi connectivity index (χ0v) is 35.5. The Kier molecular flexibility index (Phi) is 8.13. The molecule has 6 nitrogen and oxygen atoms in total. The fraction of sp³-hybridized carbons (Fsp3) is 0. The second-order valence-corrected chi connectivity index (χ2v) is 20.2. The van der Waals surface area contributed by atoms with E-state index in [0.717, 1.165) is 71.1 Å². The third-order valence-electron chi connectivity index (χ3n) is 12.9. The first kappa shape index (κ1) is 36.3. The van der Waals surface area contributed by atoms with Crippen LogP contribution in [0.3, 0.4) is 0 Å². The molecule has 4 aromatic heterocycles. The molecule has 0 radical (unpaired) electrons. The summed E-state index contributed by atoms with van der Waals surface area (Å²) in [5.74, 6) is 1.69. The summed E-state index contributed by atoms with van der Waals surface area (Å²) in [6.07, 6.45) is 0. The molecule has 4 heterocycles. The lowest BCUT2D eigenvalue weighted by atomic mass is 10.1.